The average Bonchev–Trinajstić information content (AvgIpc) is 2.53. The smallest absolute Gasteiger partial charge is 0.233 e. The third kappa shape index (κ3) is 4.97. The van der Waals surface area contributed by atoms with Crippen LogP contribution in [0.5, 0.6) is 5.88 Å². The zero-order chi connectivity index (χ0) is 14.9. The van der Waals surface area contributed by atoms with Crippen molar-refractivity contribution in [3.63, 3.8) is 0 Å². The number of anilines is 1. The molecule has 0 fully saturated rings. The fourth-order valence-corrected chi connectivity index (χ4v) is 2.27. The summed E-state index contributed by atoms with van der Waals surface area (Å²) >= 11 is 3.49. The fraction of sp³-hybridized carbons (Fsp3) is 0.400. The van der Waals surface area contributed by atoms with E-state index < -0.39 is 0 Å². The first-order valence-electron chi connectivity index (χ1n) is 7.07. The molecule has 2 aromatic rings. The summed E-state index contributed by atoms with van der Waals surface area (Å²) in [5, 5.41) is 3.23. The van der Waals surface area contributed by atoms with E-state index in [1.165, 1.54) is 11.9 Å². The maximum Gasteiger partial charge on any atom is 0.233 e. The van der Waals surface area contributed by atoms with Gasteiger partial charge in [0.05, 0.1) is 6.61 Å². The number of halogens is 1. The Hall–Kier alpha value is -1.69. The van der Waals surface area contributed by atoms with E-state index in [9.17, 15) is 0 Å². The summed E-state index contributed by atoms with van der Waals surface area (Å²) in [7, 11) is 0. The minimum atomic E-state index is 0.582. The molecule has 2 rings (SSSR count). The van der Waals surface area contributed by atoms with Crippen LogP contribution >= 0.6 is 15.9 Å². The van der Waals surface area contributed by atoms with Gasteiger partial charge in [-0.15, -0.1) is 0 Å². The summed E-state index contributed by atoms with van der Waals surface area (Å²) in [4.78, 5) is 12.4. The van der Waals surface area contributed by atoms with Crippen LogP contribution < -0.4 is 10.1 Å². The van der Waals surface area contributed by atoms with Crippen molar-refractivity contribution in [3.8, 4) is 5.88 Å². The fourth-order valence-electron chi connectivity index (χ4n) is 1.82. The van der Waals surface area contributed by atoms with Crippen LogP contribution in [0, 0.1) is 0 Å². The quantitative estimate of drug-likeness (QED) is 0.738. The number of aryl methyl sites for hydroxylation is 1. The van der Waals surface area contributed by atoms with Crippen LogP contribution in [0.4, 0.5) is 5.82 Å². The predicted octanol–water partition coefficient (Wildman–Crippen LogP) is 3.47. The number of hydrogen-bond donors (Lipinski definition) is 1. The number of aromatic nitrogens is 3. The molecule has 5 nitrogen and oxygen atoms in total. The first kappa shape index (κ1) is 15.7. The molecule has 0 spiro atoms. The zero-order valence-electron chi connectivity index (χ0n) is 12.1. The highest BCUT2D eigenvalue weighted by atomic mass is 79.9. The van der Waals surface area contributed by atoms with Crippen molar-refractivity contribution < 1.29 is 4.74 Å². The van der Waals surface area contributed by atoms with E-state index in [1.54, 1.807) is 0 Å². The van der Waals surface area contributed by atoms with E-state index in [-0.39, 0.29) is 0 Å². The number of hydrogen-bond acceptors (Lipinski definition) is 5. The highest BCUT2D eigenvalue weighted by molar-refractivity contribution is 9.10. The number of nitrogens with zero attached hydrogens (tertiary/aromatic N) is 3. The Morgan fingerprint density at radius 2 is 2.05 bits per heavy atom. The maximum atomic E-state index is 5.73. The summed E-state index contributed by atoms with van der Waals surface area (Å²) in [6.45, 7) is 3.60. The monoisotopic (exact) mass is 350 g/mol. The van der Waals surface area contributed by atoms with Crippen molar-refractivity contribution in [2.24, 2.45) is 0 Å². The predicted molar refractivity (Wildman–Crippen MR) is 86.6 cm³/mol. The Labute approximate surface area is 133 Å². The summed E-state index contributed by atoms with van der Waals surface area (Å²) in [5.74, 6) is 1.36. The molecular weight excluding hydrogens is 332 g/mol. The second kappa shape index (κ2) is 8.56. The topological polar surface area (TPSA) is 59.9 Å². The van der Waals surface area contributed by atoms with Crippen LogP contribution in [-0.4, -0.2) is 28.1 Å². The normalized spacial score (nSPS) is 10.4. The summed E-state index contributed by atoms with van der Waals surface area (Å²) < 4.78 is 6.51. The van der Waals surface area contributed by atoms with E-state index in [0.29, 0.717) is 12.5 Å². The minimum Gasteiger partial charge on any atom is -0.477 e. The van der Waals surface area contributed by atoms with Gasteiger partial charge in [-0.05, 0) is 52.9 Å². The molecular formula is C15H19BrN4O. The molecule has 0 saturated heterocycles. The van der Waals surface area contributed by atoms with E-state index in [4.69, 9.17) is 4.74 Å². The molecule has 112 valence electrons. The lowest BCUT2D eigenvalue weighted by atomic mass is 10.1. The third-order valence-corrected chi connectivity index (χ3v) is 3.61. The number of rotatable bonds is 8. The van der Waals surface area contributed by atoms with Gasteiger partial charge in [-0.3, -0.25) is 4.98 Å². The lowest BCUT2D eigenvalue weighted by Crippen LogP contribution is -2.06. The van der Waals surface area contributed by atoms with Gasteiger partial charge in [-0.1, -0.05) is 6.92 Å². The number of nitrogens with one attached hydrogen (secondary N) is 1. The largest absolute Gasteiger partial charge is 0.477 e. The van der Waals surface area contributed by atoms with Crippen molar-refractivity contribution in [2.75, 3.05) is 18.5 Å². The maximum absolute atomic E-state index is 5.73. The SMILES string of the molecule is CCCNc1ncnc(OCCCc2ccncc2)c1Br. The van der Waals surface area contributed by atoms with Crippen LogP contribution in [0.25, 0.3) is 0 Å². The standard InChI is InChI=1S/C15H19BrN4O/c1-2-7-18-14-13(16)15(20-11-19-14)21-10-3-4-12-5-8-17-9-6-12/h5-6,8-9,11H,2-4,7,10H2,1H3,(H,18,19,20). The molecule has 0 radical (unpaired) electrons. The average molecular weight is 351 g/mol. The molecule has 0 aliphatic rings. The molecule has 2 aromatic heterocycles. The highest BCUT2D eigenvalue weighted by Gasteiger charge is 2.09. The summed E-state index contributed by atoms with van der Waals surface area (Å²) in [6.07, 6.45) is 8.07. The van der Waals surface area contributed by atoms with Gasteiger partial charge in [0.1, 0.15) is 16.6 Å². The molecule has 0 atom stereocenters. The summed E-state index contributed by atoms with van der Waals surface area (Å²) in [6, 6.07) is 4.04. The lowest BCUT2D eigenvalue weighted by Gasteiger charge is -2.10. The van der Waals surface area contributed by atoms with E-state index in [2.05, 4.69) is 43.1 Å². The third-order valence-electron chi connectivity index (χ3n) is 2.90. The van der Waals surface area contributed by atoms with Crippen LogP contribution in [0.3, 0.4) is 0 Å². The van der Waals surface area contributed by atoms with Crippen molar-refractivity contribution in [1.29, 1.82) is 0 Å². The van der Waals surface area contributed by atoms with Crippen LogP contribution in [0.15, 0.2) is 35.3 Å². The second-order valence-corrected chi connectivity index (χ2v) is 5.37. The van der Waals surface area contributed by atoms with E-state index in [1.807, 2.05) is 24.5 Å². The van der Waals surface area contributed by atoms with Gasteiger partial charge in [0.25, 0.3) is 0 Å². The van der Waals surface area contributed by atoms with Crippen molar-refractivity contribution in [3.05, 3.63) is 40.9 Å². The molecule has 6 heteroatoms. The van der Waals surface area contributed by atoms with Gasteiger partial charge in [0.15, 0.2) is 0 Å². The number of pyridine rings is 1. The Balaban J connectivity index is 1.83. The Bertz CT molecular complexity index is 551. The second-order valence-electron chi connectivity index (χ2n) is 4.58. The molecule has 0 aromatic carbocycles. The summed E-state index contributed by atoms with van der Waals surface area (Å²) in [5.41, 5.74) is 1.26. The molecule has 0 amide bonds. The highest BCUT2D eigenvalue weighted by Crippen LogP contribution is 2.28. The number of ether oxygens (including phenoxy) is 1. The first-order chi connectivity index (χ1) is 10.3. The molecule has 1 N–H and O–H groups in total. The van der Waals surface area contributed by atoms with Crippen molar-refractivity contribution in [1.82, 2.24) is 15.0 Å². The zero-order valence-corrected chi connectivity index (χ0v) is 13.6. The Kier molecular flexibility index (Phi) is 6.40. The van der Waals surface area contributed by atoms with Gasteiger partial charge >= 0.3 is 0 Å². The van der Waals surface area contributed by atoms with E-state index in [0.717, 1.165) is 36.1 Å². The van der Waals surface area contributed by atoms with Crippen molar-refractivity contribution in [2.45, 2.75) is 26.2 Å². The van der Waals surface area contributed by atoms with Crippen molar-refractivity contribution >= 4 is 21.7 Å². The molecule has 0 aliphatic heterocycles. The molecule has 21 heavy (non-hydrogen) atoms. The van der Waals surface area contributed by atoms with Gasteiger partial charge in [-0.25, -0.2) is 9.97 Å². The molecule has 0 aliphatic carbocycles. The molecule has 0 bridgehead atoms. The van der Waals surface area contributed by atoms with E-state index >= 15 is 0 Å². The molecule has 0 unspecified atom stereocenters. The minimum absolute atomic E-state index is 0.582. The van der Waals surface area contributed by atoms with Crippen LogP contribution in [-0.2, 0) is 6.42 Å². The van der Waals surface area contributed by atoms with Crippen LogP contribution in [0.1, 0.15) is 25.3 Å². The van der Waals surface area contributed by atoms with Gasteiger partial charge in [0.2, 0.25) is 5.88 Å². The lowest BCUT2D eigenvalue weighted by molar-refractivity contribution is 0.297. The molecule has 0 saturated carbocycles. The van der Waals surface area contributed by atoms with Gasteiger partial charge in [-0.2, -0.15) is 0 Å². The molecule has 2 heterocycles. The van der Waals surface area contributed by atoms with Gasteiger partial charge < -0.3 is 10.1 Å². The first-order valence-corrected chi connectivity index (χ1v) is 7.86. The van der Waals surface area contributed by atoms with Crippen LogP contribution in [0.2, 0.25) is 0 Å². The van der Waals surface area contributed by atoms with Gasteiger partial charge in [0, 0.05) is 18.9 Å². The Morgan fingerprint density at radius 1 is 1.24 bits per heavy atom. The Morgan fingerprint density at radius 3 is 2.81 bits per heavy atom.